The van der Waals surface area contributed by atoms with Crippen LogP contribution in [0.1, 0.15) is 13.8 Å². The molecule has 162 valence electrons. The molecule has 31 heavy (non-hydrogen) atoms. The van der Waals surface area contributed by atoms with Crippen LogP contribution in [0.2, 0.25) is 0 Å². The Morgan fingerprint density at radius 2 is 1.29 bits per heavy atom. The van der Waals surface area contributed by atoms with Crippen molar-refractivity contribution < 1.29 is 13.2 Å². The van der Waals surface area contributed by atoms with Crippen LogP contribution in [-0.2, 0) is 10.0 Å². The number of nitrogens with one attached hydrogen (secondary N) is 2. The number of para-hydroxylation sites is 1. The second kappa shape index (κ2) is 10.4. The Bertz CT molecular complexity index is 1100. The third kappa shape index (κ3) is 6.04. The normalized spacial score (nSPS) is 11.2. The summed E-state index contributed by atoms with van der Waals surface area (Å²) in [6.45, 7) is 4.51. The second-order valence-electron chi connectivity index (χ2n) is 6.63. The predicted molar refractivity (Wildman–Crippen MR) is 129 cm³/mol. The van der Waals surface area contributed by atoms with Gasteiger partial charge in [-0.3, -0.25) is 0 Å². The molecule has 6 nitrogen and oxygen atoms in total. The number of hydrogen-bond acceptors (Lipinski definition) is 4. The van der Waals surface area contributed by atoms with Gasteiger partial charge in [0.25, 0.3) is 0 Å². The first kappa shape index (κ1) is 22.7. The molecule has 0 aliphatic heterocycles. The number of anilines is 2. The molecule has 3 rings (SSSR count). The maximum Gasteiger partial charge on any atom is 0.243 e. The lowest BCUT2D eigenvalue weighted by Gasteiger charge is -2.18. The maximum atomic E-state index is 12.6. The Morgan fingerprint density at radius 1 is 0.806 bits per heavy atom. The van der Waals surface area contributed by atoms with Crippen molar-refractivity contribution in [3.63, 3.8) is 0 Å². The van der Waals surface area contributed by atoms with Crippen molar-refractivity contribution >= 4 is 38.7 Å². The monoisotopic (exact) mass is 455 g/mol. The minimum Gasteiger partial charge on any atom is -0.457 e. The number of hydrogen-bond donors (Lipinski definition) is 2. The van der Waals surface area contributed by atoms with Gasteiger partial charge in [-0.05, 0) is 72.9 Å². The first-order valence-corrected chi connectivity index (χ1v) is 11.8. The molecule has 0 saturated heterocycles. The smallest absolute Gasteiger partial charge is 0.243 e. The van der Waals surface area contributed by atoms with E-state index in [-0.39, 0.29) is 4.90 Å². The topological polar surface area (TPSA) is 70.7 Å². The predicted octanol–water partition coefficient (Wildman–Crippen LogP) is 5.32. The number of rotatable bonds is 8. The van der Waals surface area contributed by atoms with Gasteiger partial charge in [0.15, 0.2) is 5.11 Å². The second-order valence-corrected chi connectivity index (χ2v) is 8.98. The summed E-state index contributed by atoms with van der Waals surface area (Å²) in [6.07, 6.45) is 0. The number of ether oxygens (including phenoxy) is 1. The standard InChI is InChI=1S/C23H25N3O3S2/c1-3-26(4-2)31(27,28)22-16-12-19(13-17-22)25-23(30)24-18-10-14-21(15-11-18)29-20-8-6-5-7-9-20/h5-17H,3-4H2,1-2H3,(H2,24,25,30). The first-order chi connectivity index (χ1) is 14.9. The molecule has 0 aromatic heterocycles. The first-order valence-electron chi connectivity index (χ1n) is 9.93. The van der Waals surface area contributed by atoms with Gasteiger partial charge in [-0.1, -0.05) is 32.0 Å². The summed E-state index contributed by atoms with van der Waals surface area (Å²) < 4.78 is 32.3. The van der Waals surface area contributed by atoms with Crippen LogP contribution in [0.25, 0.3) is 0 Å². The van der Waals surface area contributed by atoms with Gasteiger partial charge >= 0.3 is 0 Å². The molecule has 0 heterocycles. The maximum absolute atomic E-state index is 12.6. The van der Waals surface area contributed by atoms with Crippen LogP contribution < -0.4 is 15.4 Å². The fourth-order valence-corrected chi connectivity index (χ4v) is 4.64. The van der Waals surface area contributed by atoms with Crippen LogP contribution in [0.4, 0.5) is 11.4 Å². The molecule has 3 aromatic carbocycles. The zero-order valence-corrected chi connectivity index (χ0v) is 19.0. The summed E-state index contributed by atoms with van der Waals surface area (Å²) >= 11 is 5.36. The highest BCUT2D eigenvalue weighted by Crippen LogP contribution is 2.23. The van der Waals surface area contributed by atoms with Gasteiger partial charge in [-0.2, -0.15) is 4.31 Å². The minimum atomic E-state index is -3.48. The Labute approximate surface area is 188 Å². The molecule has 3 aromatic rings. The van der Waals surface area contributed by atoms with Crippen molar-refractivity contribution in [2.75, 3.05) is 23.7 Å². The Hall–Kier alpha value is -2.94. The van der Waals surface area contributed by atoms with Crippen LogP contribution >= 0.6 is 12.2 Å². The Kier molecular flexibility index (Phi) is 7.62. The molecule has 2 N–H and O–H groups in total. The average Bonchev–Trinajstić information content (AvgIpc) is 2.77. The summed E-state index contributed by atoms with van der Waals surface area (Å²) in [5.74, 6) is 1.49. The zero-order valence-electron chi connectivity index (χ0n) is 17.4. The molecule has 0 unspecified atom stereocenters. The van der Waals surface area contributed by atoms with E-state index in [1.165, 1.54) is 4.31 Å². The number of benzene rings is 3. The van der Waals surface area contributed by atoms with Gasteiger partial charge < -0.3 is 15.4 Å². The number of nitrogens with zero attached hydrogens (tertiary/aromatic N) is 1. The molecular formula is C23H25N3O3S2. The van der Waals surface area contributed by atoms with E-state index in [0.29, 0.717) is 23.9 Å². The summed E-state index contributed by atoms with van der Waals surface area (Å²) in [7, 11) is -3.48. The Balaban J connectivity index is 1.58. The van der Waals surface area contributed by atoms with Crippen molar-refractivity contribution in [1.29, 1.82) is 0 Å². The summed E-state index contributed by atoms with van der Waals surface area (Å²) in [4.78, 5) is 0.259. The van der Waals surface area contributed by atoms with Crippen molar-refractivity contribution in [3.8, 4) is 11.5 Å². The molecule has 0 amide bonds. The molecule has 0 aliphatic rings. The van der Waals surface area contributed by atoms with E-state index < -0.39 is 10.0 Å². The molecule has 0 spiro atoms. The van der Waals surface area contributed by atoms with E-state index in [0.717, 1.165) is 17.2 Å². The highest BCUT2D eigenvalue weighted by atomic mass is 32.2. The molecule has 0 fully saturated rings. The molecule has 0 radical (unpaired) electrons. The van der Waals surface area contributed by atoms with Crippen molar-refractivity contribution in [3.05, 3.63) is 78.9 Å². The number of sulfonamides is 1. The lowest BCUT2D eigenvalue weighted by atomic mass is 10.3. The van der Waals surface area contributed by atoms with Crippen molar-refractivity contribution in [1.82, 2.24) is 4.31 Å². The van der Waals surface area contributed by atoms with Crippen LogP contribution in [0, 0.1) is 0 Å². The molecule has 0 saturated carbocycles. The van der Waals surface area contributed by atoms with Crippen molar-refractivity contribution in [2.24, 2.45) is 0 Å². The lowest BCUT2D eigenvalue weighted by molar-refractivity contribution is 0.445. The highest BCUT2D eigenvalue weighted by molar-refractivity contribution is 7.89. The van der Waals surface area contributed by atoms with Crippen LogP contribution in [-0.4, -0.2) is 30.9 Å². The lowest BCUT2D eigenvalue weighted by Crippen LogP contribution is -2.30. The van der Waals surface area contributed by atoms with Gasteiger partial charge in [0.05, 0.1) is 4.90 Å². The highest BCUT2D eigenvalue weighted by Gasteiger charge is 2.21. The summed E-state index contributed by atoms with van der Waals surface area (Å²) in [6, 6.07) is 23.5. The molecule has 0 bridgehead atoms. The molecule has 8 heteroatoms. The van der Waals surface area contributed by atoms with E-state index in [2.05, 4.69) is 10.6 Å². The van der Waals surface area contributed by atoms with E-state index >= 15 is 0 Å². The average molecular weight is 456 g/mol. The molecule has 0 aliphatic carbocycles. The van der Waals surface area contributed by atoms with E-state index in [1.807, 2.05) is 68.4 Å². The van der Waals surface area contributed by atoms with Gasteiger partial charge in [-0.15, -0.1) is 0 Å². The van der Waals surface area contributed by atoms with Crippen molar-refractivity contribution in [2.45, 2.75) is 18.7 Å². The van der Waals surface area contributed by atoms with Gasteiger partial charge in [0.1, 0.15) is 11.5 Å². The van der Waals surface area contributed by atoms with Gasteiger partial charge in [0, 0.05) is 24.5 Å². The van der Waals surface area contributed by atoms with Crippen LogP contribution in [0.15, 0.2) is 83.8 Å². The van der Waals surface area contributed by atoms with Gasteiger partial charge in [0.2, 0.25) is 10.0 Å². The fourth-order valence-electron chi connectivity index (χ4n) is 2.95. The summed E-state index contributed by atoms with van der Waals surface area (Å²) in [5.41, 5.74) is 1.50. The molecular weight excluding hydrogens is 430 g/mol. The van der Waals surface area contributed by atoms with Crippen LogP contribution in [0.3, 0.4) is 0 Å². The largest absolute Gasteiger partial charge is 0.457 e. The third-order valence-corrected chi connectivity index (χ3v) is 6.81. The van der Waals surface area contributed by atoms with E-state index in [9.17, 15) is 8.42 Å². The van der Waals surface area contributed by atoms with Gasteiger partial charge in [-0.25, -0.2) is 8.42 Å². The Morgan fingerprint density at radius 3 is 1.81 bits per heavy atom. The zero-order chi connectivity index (χ0) is 22.3. The number of thiocarbonyl (C=S) groups is 1. The van der Waals surface area contributed by atoms with E-state index in [4.69, 9.17) is 17.0 Å². The SMILES string of the molecule is CCN(CC)S(=O)(=O)c1ccc(NC(=S)Nc2ccc(Oc3ccccc3)cc2)cc1. The minimum absolute atomic E-state index is 0.259. The molecule has 0 atom stereocenters. The summed E-state index contributed by atoms with van der Waals surface area (Å²) in [5, 5.41) is 6.56. The quantitative estimate of drug-likeness (QED) is 0.448. The third-order valence-electron chi connectivity index (χ3n) is 4.55. The fraction of sp³-hybridized carbons (Fsp3) is 0.174. The van der Waals surface area contributed by atoms with E-state index in [1.54, 1.807) is 24.3 Å². The van der Waals surface area contributed by atoms with Crippen LogP contribution in [0.5, 0.6) is 11.5 Å².